The molecule has 1 aliphatic rings. The second-order valence-corrected chi connectivity index (χ2v) is 5.67. The summed E-state index contributed by atoms with van der Waals surface area (Å²) in [6.07, 6.45) is 3.92. The lowest BCUT2D eigenvalue weighted by molar-refractivity contribution is -0.119. The van der Waals surface area contributed by atoms with Crippen molar-refractivity contribution in [3.8, 4) is 0 Å². The maximum atomic E-state index is 11.6. The van der Waals surface area contributed by atoms with E-state index in [1.807, 2.05) is 26.0 Å². The van der Waals surface area contributed by atoms with E-state index >= 15 is 0 Å². The molecule has 0 aromatic heterocycles. The van der Waals surface area contributed by atoms with Crippen LogP contribution in [0.15, 0.2) is 24.3 Å². The third-order valence-corrected chi connectivity index (χ3v) is 3.49. The number of carbonyl (C=O) groups is 1. The first kappa shape index (κ1) is 14.7. The van der Waals surface area contributed by atoms with Crippen molar-refractivity contribution in [2.24, 2.45) is 0 Å². The van der Waals surface area contributed by atoms with E-state index in [0.29, 0.717) is 6.54 Å². The number of benzene rings is 1. The van der Waals surface area contributed by atoms with E-state index in [0.717, 1.165) is 18.8 Å². The Bertz CT molecular complexity index is 422. The summed E-state index contributed by atoms with van der Waals surface area (Å²) in [6, 6.07) is 8.55. The summed E-state index contributed by atoms with van der Waals surface area (Å²) >= 11 is 0. The van der Waals surface area contributed by atoms with Crippen molar-refractivity contribution in [1.82, 2.24) is 5.32 Å². The third-order valence-electron chi connectivity index (χ3n) is 3.49. The average Bonchev–Trinajstić information content (AvgIpc) is 2.46. The number of carbonyl (C=O) groups excluding carboxylic acids is 1. The van der Waals surface area contributed by atoms with Gasteiger partial charge in [0.15, 0.2) is 0 Å². The molecule has 0 bridgehead atoms. The molecule has 20 heavy (non-hydrogen) atoms. The molecule has 0 aliphatic carbocycles. The van der Waals surface area contributed by atoms with E-state index < -0.39 is 0 Å². The summed E-state index contributed by atoms with van der Waals surface area (Å²) in [5, 5.41) is 6.02. The molecule has 0 radical (unpaired) electrons. The van der Waals surface area contributed by atoms with Crippen LogP contribution in [0.1, 0.15) is 33.1 Å². The Labute approximate surface area is 121 Å². The van der Waals surface area contributed by atoms with Crippen LogP contribution in [0.25, 0.3) is 0 Å². The highest BCUT2D eigenvalue weighted by Crippen LogP contribution is 2.21. The minimum absolute atomic E-state index is 0.0279. The van der Waals surface area contributed by atoms with Gasteiger partial charge in [-0.2, -0.15) is 0 Å². The van der Waals surface area contributed by atoms with Crippen molar-refractivity contribution >= 4 is 17.3 Å². The maximum absolute atomic E-state index is 11.6. The molecule has 2 N–H and O–H groups in total. The quantitative estimate of drug-likeness (QED) is 0.868. The number of rotatable bonds is 5. The highest BCUT2D eigenvalue weighted by molar-refractivity contribution is 5.81. The molecule has 0 spiro atoms. The van der Waals surface area contributed by atoms with Gasteiger partial charge in [0.25, 0.3) is 0 Å². The number of hydrogen-bond donors (Lipinski definition) is 2. The third kappa shape index (κ3) is 4.44. The average molecular weight is 275 g/mol. The van der Waals surface area contributed by atoms with Gasteiger partial charge in [0.05, 0.1) is 6.54 Å². The zero-order valence-electron chi connectivity index (χ0n) is 12.5. The second-order valence-electron chi connectivity index (χ2n) is 5.67. The van der Waals surface area contributed by atoms with Crippen LogP contribution in [0.2, 0.25) is 0 Å². The van der Waals surface area contributed by atoms with Gasteiger partial charge in [-0.3, -0.25) is 4.79 Å². The molecule has 1 fully saturated rings. The summed E-state index contributed by atoms with van der Waals surface area (Å²) in [4.78, 5) is 14.0. The van der Waals surface area contributed by atoms with Crippen LogP contribution in [0.3, 0.4) is 0 Å². The molecule has 1 heterocycles. The molecule has 110 valence electrons. The number of anilines is 2. The zero-order chi connectivity index (χ0) is 14.4. The van der Waals surface area contributed by atoms with E-state index in [1.165, 1.54) is 24.9 Å². The predicted octanol–water partition coefficient (Wildman–Crippen LogP) is 2.61. The minimum atomic E-state index is 0.0279. The first-order valence-corrected chi connectivity index (χ1v) is 7.53. The standard InChI is InChI=1S/C16H25N3O/c1-13(2)18-16(20)12-17-14-6-8-15(9-7-14)19-10-4-3-5-11-19/h6-9,13,17H,3-5,10-12H2,1-2H3,(H,18,20). The van der Waals surface area contributed by atoms with Crippen molar-refractivity contribution in [3.63, 3.8) is 0 Å². The molecule has 2 rings (SSSR count). The molecule has 4 heteroatoms. The topological polar surface area (TPSA) is 44.4 Å². The summed E-state index contributed by atoms with van der Waals surface area (Å²) in [5.41, 5.74) is 2.27. The first-order valence-electron chi connectivity index (χ1n) is 7.53. The normalized spacial score (nSPS) is 15.2. The smallest absolute Gasteiger partial charge is 0.239 e. The molecular weight excluding hydrogens is 250 g/mol. The maximum Gasteiger partial charge on any atom is 0.239 e. The monoisotopic (exact) mass is 275 g/mol. The lowest BCUT2D eigenvalue weighted by Gasteiger charge is -2.28. The lowest BCUT2D eigenvalue weighted by Crippen LogP contribution is -2.34. The second kappa shape index (κ2) is 7.17. The molecular formula is C16H25N3O. The molecule has 1 aromatic rings. The van der Waals surface area contributed by atoms with Crippen molar-refractivity contribution in [2.45, 2.75) is 39.2 Å². The summed E-state index contributed by atoms with van der Waals surface area (Å²) < 4.78 is 0. The molecule has 1 aromatic carbocycles. The van der Waals surface area contributed by atoms with Crippen LogP contribution in [-0.4, -0.2) is 31.6 Å². The fraction of sp³-hybridized carbons (Fsp3) is 0.562. The van der Waals surface area contributed by atoms with Gasteiger partial charge in [-0.15, -0.1) is 0 Å². The Morgan fingerprint density at radius 3 is 2.40 bits per heavy atom. The first-order chi connectivity index (χ1) is 9.65. The molecule has 0 saturated carbocycles. The Balaban J connectivity index is 1.83. The van der Waals surface area contributed by atoms with Gasteiger partial charge >= 0.3 is 0 Å². The highest BCUT2D eigenvalue weighted by Gasteiger charge is 2.10. The Hall–Kier alpha value is -1.71. The molecule has 1 aliphatic heterocycles. The summed E-state index contributed by atoms with van der Waals surface area (Å²) in [6.45, 7) is 6.56. The highest BCUT2D eigenvalue weighted by atomic mass is 16.1. The fourth-order valence-corrected chi connectivity index (χ4v) is 2.50. The van der Waals surface area contributed by atoms with E-state index in [4.69, 9.17) is 0 Å². The van der Waals surface area contributed by atoms with Crippen molar-refractivity contribution in [2.75, 3.05) is 29.9 Å². The molecule has 1 saturated heterocycles. The van der Waals surface area contributed by atoms with Crippen LogP contribution in [0.4, 0.5) is 11.4 Å². The van der Waals surface area contributed by atoms with E-state index in [9.17, 15) is 4.79 Å². The van der Waals surface area contributed by atoms with Gasteiger partial charge in [0.1, 0.15) is 0 Å². The lowest BCUT2D eigenvalue weighted by atomic mass is 10.1. The Morgan fingerprint density at radius 1 is 1.15 bits per heavy atom. The van der Waals surface area contributed by atoms with E-state index in [-0.39, 0.29) is 11.9 Å². The van der Waals surface area contributed by atoms with Crippen LogP contribution in [0, 0.1) is 0 Å². The van der Waals surface area contributed by atoms with Crippen LogP contribution in [-0.2, 0) is 4.79 Å². The molecule has 4 nitrogen and oxygen atoms in total. The van der Waals surface area contributed by atoms with Gasteiger partial charge in [-0.1, -0.05) is 0 Å². The number of nitrogens with zero attached hydrogens (tertiary/aromatic N) is 1. The Kier molecular flexibility index (Phi) is 5.27. The van der Waals surface area contributed by atoms with Gasteiger partial charge in [0, 0.05) is 30.5 Å². The van der Waals surface area contributed by atoms with E-state index in [1.54, 1.807) is 0 Å². The van der Waals surface area contributed by atoms with Gasteiger partial charge in [-0.05, 0) is 57.4 Å². The number of nitrogens with one attached hydrogen (secondary N) is 2. The van der Waals surface area contributed by atoms with E-state index in [2.05, 4.69) is 27.7 Å². The SMILES string of the molecule is CC(C)NC(=O)CNc1ccc(N2CCCCC2)cc1. The number of piperidine rings is 1. The van der Waals surface area contributed by atoms with Crippen LogP contribution >= 0.6 is 0 Å². The van der Waals surface area contributed by atoms with Crippen LogP contribution < -0.4 is 15.5 Å². The van der Waals surface area contributed by atoms with Gasteiger partial charge in [-0.25, -0.2) is 0 Å². The molecule has 1 amide bonds. The Morgan fingerprint density at radius 2 is 1.80 bits per heavy atom. The predicted molar refractivity (Wildman–Crippen MR) is 84.3 cm³/mol. The minimum Gasteiger partial charge on any atom is -0.376 e. The van der Waals surface area contributed by atoms with Gasteiger partial charge in [0.2, 0.25) is 5.91 Å². The van der Waals surface area contributed by atoms with Crippen molar-refractivity contribution in [1.29, 1.82) is 0 Å². The van der Waals surface area contributed by atoms with Crippen LogP contribution in [0.5, 0.6) is 0 Å². The van der Waals surface area contributed by atoms with Gasteiger partial charge < -0.3 is 15.5 Å². The summed E-state index contributed by atoms with van der Waals surface area (Å²) in [7, 11) is 0. The van der Waals surface area contributed by atoms with Crippen molar-refractivity contribution < 1.29 is 4.79 Å². The van der Waals surface area contributed by atoms with Crippen molar-refractivity contribution in [3.05, 3.63) is 24.3 Å². The molecule has 0 atom stereocenters. The zero-order valence-corrected chi connectivity index (χ0v) is 12.5. The number of amides is 1. The number of hydrogen-bond acceptors (Lipinski definition) is 3. The summed E-state index contributed by atoms with van der Waals surface area (Å²) in [5.74, 6) is 0.0279. The fourth-order valence-electron chi connectivity index (χ4n) is 2.50. The molecule has 0 unspecified atom stereocenters. The largest absolute Gasteiger partial charge is 0.376 e.